The van der Waals surface area contributed by atoms with E-state index < -0.39 is 0 Å². The molecule has 1 aromatic carbocycles. The number of rotatable bonds is 4. The molecule has 4 nitrogen and oxygen atoms in total. The molecule has 0 saturated heterocycles. The van der Waals surface area contributed by atoms with Gasteiger partial charge < -0.3 is 10.4 Å². The van der Waals surface area contributed by atoms with Crippen molar-refractivity contribution in [2.24, 2.45) is 0 Å². The predicted molar refractivity (Wildman–Crippen MR) is 72.9 cm³/mol. The van der Waals surface area contributed by atoms with Crippen molar-refractivity contribution in [2.45, 2.75) is 19.9 Å². The van der Waals surface area contributed by atoms with Gasteiger partial charge in [0.05, 0.1) is 12.2 Å². The molecule has 0 spiro atoms. The molecule has 0 aliphatic heterocycles. The van der Waals surface area contributed by atoms with Gasteiger partial charge in [0, 0.05) is 11.8 Å². The number of nitrogens with zero attached hydrogens (tertiary/aromatic N) is 1. The van der Waals surface area contributed by atoms with E-state index in [1.165, 1.54) is 12.1 Å². The Hall–Kier alpha value is -2.36. The maximum atomic E-state index is 11.9. The van der Waals surface area contributed by atoms with Crippen molar-refractivity contribution in [3.63, 3.8) is 0 Å². The Morgan fingerprint density at radius 2 is 2.16 bits per heavy atom. The Bertz CT molecular complexity index is 582. The summed E-state index contributed by atoms with van der Waals surface area (Å²) in [6.07, 6.45) is 2.60. The van der Waals surface area contributed by atoms with Gasteiger partial charge in [0.2, 0.25) is 0 Å². The minimum absolute atomic E-state index is 0.0831. The van der Waals surface area contributed by atoms with Gasteiger partial charge in [0.15, 0.2) is 0 Å². The van der Waals surface area contributed by atoms with E-state index in [1.54, 1.807) is 18.3 Å². The fraction of sp³-hybridized carbons (Fsp3) is 0.200. The van der Waals surface area contributed by atoms with E-state index in [0.29, 0.717) is 12.1 Å². The molecule has 19 heavy (non-hydrogen) atoms. The first-order valence-corrected chi connectivity index (χ1v) is 6.20. The summed E-state index contributed by atoms with van der Waals surface area (Å²) < 4.78 is 0. The topological polar surface area (TPSA) is 62.2 Å². The number of hydrogen-bond acceptors (Lipinski definition) is 3. The molecule has 2 N–H and O–H groups in total. The second-order valence-electron chi connectivity index (χ2n) is 4.20. The van der Waals surface area contributed by atoms with Crippen molar-refractivity contribution >= 4 is 5.91 Å². The van der Waals surface area contributed by atoms with Crippen molar-refractivity contribution in [2.75, 3.05) is 0 Å². The van der Waals surface area contributed by atoms with Crippen LogP contribution in [-0.4, -0.2) is 16.0 Å². The quantitative estimate of drug-likeness (QED) is 0.882. The van der Waals surface area contributed by atoms with Crippen molar-refractivity contribution in [3.05, 3.63) is 59.4 Å². The number of carbonyl (C=O) groups is 1. The van der Waals surface area contributed by atoms with Gasteiger partial charge in [-0.2, -0.15) is 0 Å². The highest BCUT2D eigenvalue weighted by Crippen LogP contribution is 2.11. The van der Waals surface area contributed by atoms with Gasteiger partial charge in [0.25, 0.3) is 5.91 Å². The van der Waals surface area contributed by atoms with Crippen LogP contribution in [0.1, 0.15) is 28.5 Å². The molecule has 0 unspecified atom stereocenters. The molecule has 98 valence electrons. The minimum Gasteiger partial charge on any atom is -0.508 e. The molecule has 1 heterocycles. The third-order valence-electron chi connectivity index (χ3n) is 2.89. The second kappa shape index (κ2) is 6.00. The van der Waals surface area contributed by atoms with Crippen LogP contribution in [0.3, 0.4) is 0 Å². The fourth-order valence-corrected chi connectivity index (χ4v) is 1.87. The third kappa shape index (κ3) is 3.31. The number of carbonyl (C=O) groups excluding carboxylic acids is 1. The number of phenolic OH excluding ortho intramolecular Hbond substituents is 1. The molecule has 0 saturated carbocycles. The molecule has 2 aromatic rings. The van der Waals surface area contributed by atoms with Crippen LogP contribution in [0.4, 0.5) is 0 Å². The lowest BCUT2D eigenvalue weighted by molar-refractivity contribution is 0.0950. The van der Waals surface area contributed by atoms with E-state index in [9.17, 15) is 9.90 Å². The summed E-state index contributed by atoms with van der Waals surface area (Å²) in [6, 6.07) is 10.2. The summed E-state index contributed by atoms with van der Waals surface area (Å²) in [7, 11) is 0. The molecule has 0 fully saturated rings. The van der Waals surface area contributed by atoms with Gasteiger partial charge in [-0.15, -0.1) is 0 Å². The standard InChI is InChI=1S/C15H16N2O2/c1-2-11-6-4-8-16-14(11)10-17-15(19)12-5-3-7-13(18)9-12/h3-9,18H,2,10H2,1H3,(H,17,19). The molecular formula is C15H16N2O2. The van der Waals surface area contributed by atoms with Gasteiger partial charge in [-0.05, 0) is 36.2 Å². The third-order valence-corrected chi connectivity index (χ3v) is 2.89. The van der Waals surface area contributed by atoms with Crippen LogP contribution in [0.15, 0.2) is 42.6 Å². The summed E-state index contributed by atoms with van der Waals surface area (Å²) >= 11 is 0. The number of aromatic nitrogens is 1. The van der Waals surface area contributed by atoms with Gasteiger partial charge in [0.1, 0.15) is 5.75 Å². The number of nitrogens with one attached hydrogen (secondary N) is 1. The van der Waals surface area contributed by atoms with Crippen LogP contribution in [0.25, 0.3) is 0 Å². The first kappa shape index (κ1) is 13.1. The van der Waals surface area contributed by atoms with Gasteiger partial charge >= 0.3 is 0 Å². The Balaban J connectivity index is 2.04. The van der Waals surface area contributed by atoms with E-state index in [-0.39, 0.29) is 11.7 Å². The smallest absolute Gasteiger partial charge is 0.251 e. The average molecular weight is 256 g/mol. The Kier molecular flexibility index (Phi) is 4.13. The summed E-state index contributed by atoms with van der Waals surface area (Å²) in [6.45, 7) is 2.44. The minimum atomic E-state index is -0.219. The molecule has 0 atom stereocenters. The van der Waals surface area contributed by atoms with Crippen LogP contribution < -0.4 is 5.32 Å². The van der Waals surface area contributed by atoms with E-state index in [4.69, 9.17) is 0 Å². The zero-order valence-electron chi connectivity index (χ0n) is 10.8. The number of aromatic hydroxyl groups is 1. The summed E-state index contributed by atoms with van der Waals surface area (Å²) in [4.78, 5) is 16.2. The maximum Gasteiger partial charge on any atom is 0.251 e. The second-order valence-corrected chi connectivity index (χ2v) is 4.20. The van der Waals surface area contributed by atoms with Crippen LogP contribution in [-0.2, 0) is 13.0 Å². The van der Waals surface area contributed by atoms with Gasteiger partial charge in [-0.1, -0.05) is 19.1 Å². The average Bonchev–Trinajstić information content (AvgIpc) is 2.45. The lowest BCUT2D eigenvalue weighted by Gasteiger charge is -2.08. The first-order valence-electron chi connectivity index (χ1n) is 6.20. The SMILES string of the molecule is CCc1cccnc1CNC(=O)c1cccc(O)c1. The Labute approximate surface area is 112 Å². The predicted octanol–water partition coefficient (Wildman–Crippen LogP) is 2.28. The largest absolute Gasteiger partial charge is 0.508 e. The fourth-order valence-electron chi connectivity index (χ4n) is 1.87. The van der Waals surface area contributed by atoms with E-state index in [0.717, 1.165) is 17.7 Å². The molecule has 1 amide bonds. The molecule has 4 heteroatoms. The van der Waals surface area contributed by atoms with Crippen molar-refractivity contribution in [3.8, 4) is 5.75 Å². The van der Waals surface area contributed by atoms with E-state index in [1.807, 2.05) is 12.1 Å². The highest BCUT2D eigenvalue weighted by atomic mass is 16.3. The molecular weight excluding hydrogens is 240 g/mol. The number of pyridine rings is 1. The van der Waals surface area contributed by atoms with Crippen LogP contribution in [0.2, 0.25) is 0 Å². The molecule has 1 aromatic heterocycles. The van der Waals surface area contributed by atoms with Gasteiger partial charge in [-0.3, -0.25) is 9.78 Å². The first-order chi connectivity index (χ1) is 9.20. The molecule has 0 aliphatic rings. The van der Waals surface area contributed by atoms with E-state index in [2.05, 4.69) is 17.2 Å². The van der Waals surface area contributed by atoms with E-state index >= 15 is 0 Å². The van der Waals surface area contributed by atoms with Crippen molar-refractivity contribution in [1.82, 2.24) is 10.3 Å². The monoisotopic (exact) mass is 256 g/mol. The highest BCUT2D eigenvalue weighted by molar-refractivity contribution is 5.94. The number of benzene rings is 1. The number of hydrogen-bond donors (Lipinski definition) is 2. The van der Waals surface area contributed by atoms with Crippen molar-refractivity contribution in [1.29, 1.82) is 0 Å². The zero-order chi connectivity index (χ0) is 13.7. The van der Waals surface area contributed by atoms with Crippen LogP contribution >= 0.6 is 0 Å². The lowest BCUT2D eigenvalue weighted by atomic mass is 10.1. The summed E-state index contributed by atoms with van der Waals surface area (Å²) in [5.41, 5.74) is 2.44. The van der Waals surface area contributed by atoms with Crippen LogP contribution in [0.5, 0.6) is 5.75 Å². The lowest BCUT2D eigenvalue weighted by Crippen LogP contribution is -2.23. The van der Waals surface area contributed by atoms with Crippen LogP contribution in [0, 0.1) is 0 Å². The molecule has 0 bridgehead atoms. The molecule has 0 radical (unpaired) electrons. The normalized spacial score (nSPS) is 10.2. The van der Waals surface area contributed by atoms with Crippen molar-refractivity contribution < 1.29 is 9.90 Å². The highest BCUT2D eigenvalue weighted by Gasteiger charge is 2.07. The summed E-state index contributed by atoms with van der Waals surface area (Å²) in [5.74, 6) is -0.136. The molecule has 2 rings (SSSR count). The summed E-state index contributed by atoms with van der Waals surface area (Å²) in [5, 5.41) is 12.1. The van der Waals surface area contributed by atoms with Gasteiger partial charge in [-0.25, -0.2) is 0 Å². The number of aryl methyl sites for hydroxylation is 1. The Morgan fingerprint density at radius 1 is 1.32 bits per heavy atom. The maximum absolute atomic E-state index is 11.9. The number of phenols is 1. The Morgan fingerprint density at radius 3 is 2.89 bits per heavy atom. The number of amides is 1. The zero-order valence-corrected chi connectivity index (χ0v) is 10.8. The molecule has 0 aliphatic carbocycles.